The van der Waals surface area contributed by atoms with Crippen molar-refractivity contribution in [3.63, 3.8) is 0 Å². The van der Waals surface area contributed by atoms with Crippen LogP contribution in [0.25, 0.3) is 0 Å². The van der Waals surface area contributed by atoms with Gasteiger partial charge in [0, 0.05) is 6.54 Å². The normalized spacial score (nSPS) is 18.6. The van der Waals surface area contributed by atoms with Crippen molar-refractivity contribution in [2.24, 2.45) is 11.8 Å². The van der Waals surface area contributed by atoms with Crippen LogP contribution in [-0.2, 0) is 9.53 Å². The topological polar surface area (TPSA) is 75.6 Å². The second kappa shape index (κ2) is 8.25. The van der Waals surface area contributed by atoms with Crippen LogP contribution in [0, 0.1) is 11.8 Å². The van der Waals surface area contributed by atoms with Crippen molar-refractivity contribution < 1.29 is 19.4 Å². The summed E-state index contributed by atoms with van der Waals surface area (Å²) in [5.74, 6) is -0.415. The lowest BCUT2D eigenvalue weighted by Gasteiger charge is -2.26. The summed E-state index contributed by atoms with van der Waals surface area (Å²) in [7, 11) is 0. The predicted molar refractivity (Wildman–Crippen MR) is 81.2 cm³/mol. The lowest BCUT2D eigenvalue weighted by Crippen LogP contribution is -2.37. The van der Waals surface area contributed by atoms with Gasteiger partial charge in [0.15, 0.2) is 0 Å². The lowest BCUT2D eigenvalue weighted by molar-refractivity contribution is -0.138. The molecule has 0 saturated heterocycles. The minimum atomic E-state index is -0.796. The second-order valence-corrected chi connectivity index (χ2v) is 6.99. The molecule has 1 saturated carbocycles. The van der Waals surface area contributed by atoms with E-state index in [4.69, 9.17) is 9.84 Å². The zero-order valence-corrected chi connectivity index (χ0v) is 13.5. The molecule has 1 aliphatic rings. The number of alkyl carbamates (subject to hydrolysis) is 1. The average molecular weight is 299 g/mol. The number of hydrogen-bond acceptors (Lipinski definition) is 3. The average Bonchev–Trinajstić information content (AvgIpc) is 2.60. The number of carboxylic acid groups (broad SMARTS) is 1. The fraction of sp³-hybridized carbons (Fsp3) is 0.875. The van der Waals surface area contributed by atoms with Crippen LogP contribution < -0.4 is 5.32 Å². The molecule has 0 radical (unpaired) electrons. The van der Waals surface area contributed by atoms with Gasteiger partial charge < -0.3 is 15.2 Å². The van der Waals surface area contributed by atoms with Gasteiger partial charge in [-0.2, -0.15) is 0 Å². The van der Waals surface area contributed by atoms with Crippen molar-refractivity contribution in [1.82, 2.24) is 5.32 Å². The third-order valence-electron chi connectivity index (χ3n) is 3.91. The molecular weight excluding hydrogens is 270 g/mol. The molecule has 2 N–H and O–H groups in total. The highest BCUT2D eigenvalue weighted by atomic mass is 16.6. The van der Waals surface area contributed by atoms with E-state index in [1.54, 1.807) is 0 Å². The number of aliphatic carboxylic acids is 1. The minimum Gasteiger partial charge on any atom is -0.481 e. The van der Waals surface area contributed by atoms with E-state index in [0.717, 1.165) is 25.7 Å². The van der Waals surface area contributed by atoms with Crippen molar-refractivity contribution in [1.29, 1.82) is 0 Å². The number of amides is 1. The number of carboxylic acids is 1. The van der Waals surface area contributed by atoms with Crippen LogP contribution in [0.2, 0.25) is 0 Å². The summed E-state index contributed by atoms with van der Waals surface area (Å²) in [4.78, 5) is 22.8. The van der Waals surface area contributed by atoms with Gasteiger partial charge in [0.2, 0.25) is 0 Å². The number of hydrogen-bond donors (Lipinski definition) is 2. The van der Waals surface area contributed by atoms with Crippen molar-refractivity contribution in [3.8, 4) is 0 Å². The first kappa shape index (κ1) is 17.8. The third-order valence-corrected chi connectivity index (χ3v) is 3.91. The molecule has 5 nitrogen and oxygen atoms in total. The van der Waals surface area contributed by atoms with Crippen molar-refractivity contribution in [3.05, 3.63) is 0 Å². The van der Waals surface area contributed by atoms with Gasteiger partial charge in [0.1, 0.15) is 5.60 Å². The van der Waals surface area contributed by atoms with Crippen LogP contribution in [0.3, 0.4) is 0 Å². The molecule has 1 aliphatic carbocycles. The summed E-state index contributed by atoms with van der Waals surface area (Å²) < 4.78 is 5.21. The fourth-order valence-electron chi connectivity index (χ4n) is 2.94. The summed E-state index contributed by atoms with van der Waals surface area (Å²) in [6.07, 6.45) is 6.56. The van der Waals surface area contributed by atoms with E-state index >= 15 is 0 Å². The first-order valence-corrected chi connectivity index (χ1v) is 7.96. The Kier molecular flexibility index (Phi) is 6.99. The minimum absolute atomic E-state index is 0.00637. The number of nitrogens with one attached hydrogen (secondary N) is 1. The molecule has 0 aliphatic heterocycles. The predicted octanol–water partition coefficient (Wildman–Crippen LogP) is 3.57. The molecule has 5 heteroatoms. The van der Waals surface area contributed by atoms with E-state index < -0.39 is 17.7 Å². The zero-order chi connectivity index (χ0) is 15.9. The summed E-state index contributed by atoms with van der Waals surface area (Å²) in [5, 5.41) is 11.8. The quantitative estimate of drug-likeness (QED) is 0.761. The largest absolute Gasteiger partial charge is 0.481 e. The summed E-state index contributed by atoms with van der Waals surface area (Å²) in [5.41, 5.74) is -0.533. The molecule has 1 fully saturated rings. The molecule has 21 heavy (non-hydrogen) atoms. The number of carbonyl (C=O) groups excluding carboxylic acids is 1. The smallest absolute Gasteiger partial charge is 0.407 e. The SMILES string of the molecule is CC(C)(C)OC(=O)NC[C@H](CC(=O)O)C1CCCCCC1. The van der Waals surface area contributed by atoms with E-state index in [9.17, 15) is 9.59 Å². The summed E-state index contributed by atoms with van der Waals surface area (Å²) in [6, 6.07) is 0. The Morgan fingerprint density at radius 1 is 1.19 bits per heavy atom. The maximum atomic E-state index is 11.7. The highest BCUT2D eigenvalue weighted by Crippen LogP contribution is 2.30. The van der Waals surface area contributed by atoms with Gasteiger partial charge in [0.25, 0.3) is 0 Å². The van der Waals surface area contributed by atoms with Gasteiger partial charge >= 0.3 is 12.1 Å². The van der Waals surface area contributed by atoms with Crippen LogP contribution >= 0.6 is 0 Å². The standard InChI is InChI=1S/C16H29NO4/c1-16(2,3)21-15(20)17-11-13(10-14(18)19)12-8-6-4-5-7-9-12/h12-13H,4-11H2,1-3H3,(H,17,20)(H,18,19)/t13-/m0/s1. The van der Waals surface area contributed by atoms with Crippen LogP contribution in [0.1, 0.15) is 65.7 Å². The highest BCUT2D eigenvalue weighted by Gasteiger charge is 2.26. The van der Waals surface area contributed by atoms with Crippen molar-refractivity contribution in [2.75, 3.05) is 6.54 Å². The molecule has 0 spiro atoms. The Balaban J connectivity index is 2.52. The fourth-order valence-corrected chi connectivity index (χ4v) is 2.94. The number of carbonyl (C=O) groups is 2. The molecule has 1 atom stereocenters. The molecule has 1 amide bonds. The maximum Gasteiger partial charge on any atom is 0.407 e. The van der Waals surface area contributed by atoms with E-state index in [2.05, 4.69) is 5.32 Å². The molecule has 0 heterocycles. The molecule has 0 unspecified atom stereocenters. The molecule has 0 aromatic carbocycles. The van der Waals surface area contributed by atoms with Crippen molar-refractivity contribution in [2.45, 2.75) is 71.3 Å². The van der Waals surface area contributed by atoms with E-state index in [-0.39, 0.29) is 12.3 Å². The van der Waals surface area contributed by atoms with Gasteiger partial charge in [0.05, 0.1) is 6.42 Å². The summed E-state index contributed by atoms with van der Waals surface area (Å²) >= 11 is 0. The Hall–Kier alpha value is -1.26. The van der Waals surface area contributed by atoms with Crippen LogP contribution in [0.15, 0.2) is 0 Å². The van der Waals surface area contributed by atoms with Gasteiger partial charge in [-0.05, 0) is 32.6 Å². The molecule has 122 valence electrons. The Labute approximate surface area is 127 Å². The van der Waals surface area contributed by atoms with E-state index in [0.29, 0.717) is 12.5 Å². The second-order valence-electron chi connectivity index (χ2n) is 6.99. The first-order chi connectivity index (χ1) is 9.78. The first-order valence-electron chi connectivity index (χ1n) is 7.96. The molecule has 0 aromatic rings. The van der Waals surface area contributed by atoms with Crippen molar-refractivity contribution >= 4 is 12.1 Å². The number of rotatable bonds is 5. The van der Waals surface area contributed by atoms with E-state index in [1.807, 2.05) is 20.8 Å². The van der Waals surface area contributed by atoms with Gasteiger partial charge in [-0.1, -0.05) is 38.5 Å². The van der Waals surface area contributed by atoms with Crippen LogP contribution in [-0.4, -0.2) is 29.3 Å². The van der Waals surface area contributed by atoms with Crippen LogP contribution in [0.5, 0.6) is 0 Å². The van der Waals surface area contributed by atoms with Gasteiger partial charge in [-0.25, -0.2) is 4.79 Å². The van der Waals surface area contributed by atoms with Gasteiger partial charge in [-0.3, -0.25) is 4.79 Å². The number of ether oxygens (including phenoxy) is 1. The molecule has 0 bridgehead atoms. The van der Waals surface area contributed by atoms with Gasteiger partial charge in [-0.15, -0.1) is 0 Å². The van der Waals surface area contributed by atoms with Crippen LogP contribution in [0.4, 0.5) is 4.79 Å². The maximum absolute atomic E-state index is 11.7. The Morgan fingerprint density at radius 3 is 2.24 bits per heavy atom. The Morgan fingerprint density at radius 2 is 1.76 bits per heavy atom. The lowest BCUT2D eigenvalue weighted by atomic mass is 9.84. The molecule has 0 aromatic heterocycles. The summed E-state index contributed by atoms with van der Waals surface area (Å²) in [6.45, 7) is 5.82. The molecular formula is C16H29NO4. The highest BCUT2D eigenvalue weighted by molar-refractivity contribution is 5.68. The zero-order valence-electron chi connectivity index (χ0n) is 13.5. The monoisotopic (exact) mass is 299 g/mol. The van der Waals surface area contributed by atoms with E-state index in [1.165, 1.54) is 12.8 Å². The Bertz CT molecular complexity index is 341. The third kappa shape index (κ3) is 7.93. The molecule has 1 rings (SSSR count).